The minimum atomic E-state index is -0.735. The maximum absolute atomic E-state index is 13.2. The van der Waals surface area contributed by atoms with Crippen molar-refractivity contribution in [3.63, 3.8) is 0 Å². The van der Waals surface area contributed by atoms with Crippen molar-refractivity contribution in [1.29, 1.82) is 0 Å². The highest BCUT2D eigenvalue weighted by Crippen LogP contribution is 2.41. The lowest BCUT2D eigenvalue weighted by Crippen LogP contribution is -2.38. The molecular formula is C26H32N2O5. The number of methoxy groups -OCH3 is 2. The van der Waals surface area contributed by atoms with Crippen molar-refractivity contribution >= 4 is 17.4 Å². The van der Waals surface area contributed by atoms with Crippen LogP contribution in [-0.4, -0.2) is 67.0 Å². The van der Waals surface area contributed by atoms with Crippen LogP contribution in [0.15, 0.2) is 48.0 Å². The molecule has 0 aliphatic carbocycles. The zero-order valence-electron chi connectivity index (χ0n) is 19.9. The predicted molar refractivity (Wildman–Crippen MR) is 128 cm³/mol. The van der Waals surface area contributed by atoms with Gasteiger partial charge in [-0.05, 0) is 37.7 Å². The van der Waals surface area contributed by atoms with Crippen LogP contribution in [-0.2, 0) is 9.59 Å². The molecule has 0 radical (unpaired) electrons. The number of benzene rings is 2. The number of hydrogen-bond donors (Lipinski definition) is 1. The first kappa shape index (κ1) is 24.3. The molecule has 7 heteroatoms. The molecule has 1 aliphatic rings. The Morgan fingerprint density at radius 2 is 1.64 bits per heavy atom. The van der Waals surface area contributed by atoms with Crippen molar-refractivity contribution in [3.8, 4) is 11.5 Å². The third-order valence-corrected chi connectivity index (χ3v) is 6.14. The van der Waals surface area contributed by atoms with Gasteiger partial charge in [0.25, 0.3) is 11.7 Å². The van der Waals surface area contributed by atoms with Gasteiger partial charge in [-0.15, -0.1) is 0 Å². The minimum absolute atomic E-state index is 0.0793. The minimum Gasteiger partial charge on any atom is -0.507 e. The fraction of sp³-hybridized carbons (Fsp3) is 0.385. The van der Waals surface area contributed by atoms with E-state index in [1.165, 1.54) is 7.11 Å². The van der Waals surface area contributed by atoms with Gasteiger partial charge < -0.3 is 24.4 Å². The summed E-state index contributed by atoms with van der Waals surface area (Å²) in [6.45, 7) is 8.71. The number of likely N-dealkylation sites (tertiary alicyclic amines) is 1. The smallest absolute Gasteiger partial charge is 0.295 e. The molecular weight excluding hydrogens is 420 g/mol. The van der Waals surface area contributed by atoms with Crippen LogP contribution in [0, 0.1) is 6.92 Å². The van der Waals surface area contributed by atoms with Crippen LogP contribution in [0.4, 0.5) is 0 Å². The van der Waals surface area contributed by atoms with Gasteiger partial charge in [0.15, 0.2) is 11.5 Å². The molecule has 7 nitrogen and oxygen atoms in total. The molecule has 0 bridgehead atoms. The molecule has 1 amide bonds. The van der Waals surface area contributed by atoms with E-state index in [1.807, 2.05) is 19.1 Å². The first-order chi connectivity index (χ1) is 15.9. The number of rotatable bonds is 9. The molecule has 0 spiro atoms. The van der Waals surface area contributed by atoms with Crippen molar-refractivity contribution in [3.05, 3.63) is 64.7 Å². The van der Waals surface area contributed by atoms with Gasteiger partial charge in [0.05, 0.1) is 25.8 Å². The Hall–Kier alpha value is -3.32. The summed E-state index contributed by atoms with van der Waals surface area (Å²) in [6, 6.07) is 11.8. The van der Waals surface area contributed by atoms with Gasteiger partial charge in [0.1, 0.15) is 5.76 Å². The van der Waals surface area contributed by atoms with E-state index >= 15 is 0 Å². The second-order valence-corrected chi connectivity index (χ2v) is 8.00. The van der Waals surface area contributed by atoms with Gasteiger partial charge >= 0.3 is 0 Å². The topological polar surface area (TPSA) is 79.3 Å². The summed E-state index contributed by atoms with van der Waals surface area (Å²) in [5.41, 5.74) is 2.27. The van der Waals surface area contributed by atoms with Crippen molar-refractivity contribution in [2.45, 2.75) is 26.8 Å². The van der Waals surface area contributed by atoms with Gasteiger partial charge in [-0.1, -0.05) is 49.7 Å². The fourth-order valence-electron chi connectivity index (χ4n) is 4.14. The summed E-state index contributed by atoms with van der Waals surface area (Å²) in [5, 5.41) is 11.2. The number of nitrogens with zero attached hydrogens (tertiary/aromatic N) is 2. The van der Waals surface area contributed by atoms with E-state index in [9.17, 15) is 14.7 Å². The van der Waals surface area contributed by atoms with E-state index in [0.29, 0.717) is 35.7 Å². The third kappa shape index (κ3) is 4.88. The summed E-state index contributed by atoms with van der Waals surface area (Å²) >= 11 is 0. The molecule has 176 valence electrons. The van der Waals surface area contributed by atoms with Crippen molar-refractivity contribution < 1.29 is 24.2 Å². The van der Waals surface area contributed by atoms with Crippen LogP contribution < -0.4 is 9.47 Å². The molecule has 3 rings (SSSR count). The largest absolute Gasteiger partial charge is 0.507 e. The average molecular weight is 453 g/mol. The number of amides is 1. The number of carbonyl (C=O) groups is 2. The summed E-state index contributed by atoms with van der Waals surface area (Å²) in [5.74, 6) is -0.457. The Morgan fingerprint density at radius 3 is 2.21 bits per heavy atom. The Bertz CT molecular complexity index is 1040. The quantitative estimate of drug-likeness (QED) is 0.354. The number of carbonyl (C=O) groups excluding carboxylic acids is 2. The molecule has 1 aliphatic heterocycles. The van der Waals surface area contributed by atoms with Crippen LogP contribution in [0.25, 0.3) is 5.76 Å². The maximum Gasteiger partial charge on any atom is 0.295 e. The number of aliphatic hydroxyl groups is 1. The second kappa shape index (κ2) is 10.5. The van der Waals surface area contributed by atoms with E-state index in [1.54, 1.807) is 42.3 Å². The van der Waals surface area contributed by atoms with Gasteiger partial charge in [-0.2, -0.15) is 0 Å². The van der Waals surface area contributed by atoms with E-state index in [0.717, 1.165) is 18.7 Å². The molecule has 0 aromatic heterocycles. The van der Waals surface area contributed by atoms with Gasteiger partial charge in [-0.25, -0.2) is 0 Å². The number of ketones is 1. The van der Waals surface area contributed by atoms with Crippen LogP contribution in [0.5, 0.6) is 11.5 Å². The third-order valence-electron chi connectivity index (χ3n) is 6.14. The van der Waals surface area contributed by atoms with E-state index < -0.39 is 17.7 Å². The predicted octanol–water partition coefficient (Wildman–Crippen LogP) is 3.78. The number of likely N-dealkylation sites (N-methyl/N-ethyl adjacent to an activating group) is 1. The molecule has 0 saturated carbocycles. The number of ether oxygens (including phenoxy) is 2. The summed E-state index contributed by atoms with van der Waals surface area (Å²) < 4.78 is 10.8. The number of Topliss-reactive ketones (excluding diaryl/α,β-unsaturated/α-hetero) is 1. The van der Waals surface area contributed by atoms with Crippen LogP contribution in [0.2, 0.25) is 0 Å². The fourth-order valence-corrected chi connectivity index (χ4v) is 4.14. The maximum atomic E-state index is 13.2. The van der Waals surface area contributed by atoms with E-state index in [4.69, 9.17) is 9.47 Å². The average Bonchev–Trinajstić information content (AvgIpc) is 3.09. The highest BCUT2D eigenvalue weighted by molar-refractivity contribution is 6.46. The highest BCUT2D eigenvalue weighted by atomic mass is 16.5. The van der Waals surface area contributed by atoms with E-state index in [2.05, 4.69) is 18.7 Å². The van der Waals surface area contributed by atoms with Crippen molar-refractivity contribution in [1.82, 2.24) is 9.80 Å². The van der Waals surface area contributed by atoms with Crippen molar-refractivity contribution in [2.24, 2.45) is 0 Å². The van der Waals surface area contributed by atoms with Crippen LogP contribution >= 0.6 is 0 Å². The molecule has 2 aromatic carbocycles. The monoisotopic (exact) mass is 452 g/mol. The normalized spacial score (nSPS) is 17.6. The van der Waals surface area contributed by atoms with Gasteiger partial charge in [-0.3, -0.25) is 9.59 Å². The lowest BCUT2D eigenvalue weighted by molar-refractivity contribution is -0.140. The van der Waals surface area contributed by atoms with Crippen LogP contribution in [0.1, 0.15) is 36.6 Å². The molecule has 1 atom stereocenters. The Kier molecular flexibility index (Phi) is 7.76. The molecule has 33 heavy (non-hydrogen) atoms. The first-order valence-electron chi connectivity index (χ1n) is 11.2. The standard InChI is InChI=1S/C26H32N2O5/c1-6-27(7-2)14-15-28-23(19-12-13-20(32-4)21(16-19)33-5)22(25(30)26(28)31)24(29)18-10-8-17(3)9-11-18/h8-13,16,23,29H,6-7,14-15H2,1-5H3/t23-/m0/s1. The molecule has 1 saturated heterocycles. The van der Waals surface area contributed by atoms with Crippen LogP contribution in [0.3, 0.4) is 0 Å². The van der Waals surface area contributed by atoms with Gasteiger partial charge in [0, 0.05) is 18.7 Å². The Balaban J connectivity index is 2.14. The number of aryl methyl sites for hydroxylation is 1. The highest BCUT2D eigenvalue weighted by Gasteiger charge is 2.46. The summed E-state index contributed by atoms with van der Waals surface area (Å²) in [4.78, 5) is 30.0. The number of aliphatic hydroxyl groups excluding tert-OH is 1. The van der Waals surface area contributed by atoms with Crippen molar-refractivity contribution in [2.75, 3.05) is 40.4 Å². The molecule has 0 unspecified atom stereocenters. The zero-order chi connectivity index (χ0) is 24.1. The zero-order valence-corrected chi connectivity index (χ0v) is 19.9. The lowest BCUT2D eigenvalue weighted by atomic mass is 9.94. The Morgan fingerprint density at radius 1 is 1.00 bits per heavy atom. The molecule has 2 aromatic rings. The molecule has 1 heterocycles. The lowest BCUT2D eigenvalue weighted by Gasteiger charge is -2.28. The van der Waals surface area contributed by atoms with E-state index in [-0.39, 0.29) is 11.3 Å². The summed E-state index contributed by atoms with van der Waals surface area (Å²) in [7, 11) is 3.08. The second-order valence-electron chi connectivity index (χ2n) is 8.00. The first-order valence-corrected chi connectivity index (χ1v) is 11.2. The van der Waals surface area contributed by atoms with Gasteiger partial charge in [0.2, 0.25) is 0 Å². The SMILES string of the molecule is CCN(CC)CCN1C(=O)C(=O)C(=C(O)c2ccc(C)cc2)[C@@H]1c1ccc(OC)c(OC)c1. The molecule has 1 fully saturated rings. The Labute approximate surface area is 195 Å². The summed E-state index contributed by atoms with van der Waals surface area (Å²) in [6.07, 6.45) is 0. The number of hydrogen-bond acceptors (Lipinski definition) is 6. The molecule has 1 N–H and O–H groups in total.